The van der Waals surface area contributed by atoms with E-state index in [0.29, 0.717) is 5.84 Å². The lowest BCUT2D eigenvalue weighted by atomic mass is 10.0. The summed E-state index contributed by atoms with van der Waals surface area (Å²) in [6, 6.07) is 45.4. The van der Waals surface area contributed by atoms with E-state index in [-0.39, 0.29) is 11.3 Å². The topological polar surface area (TPSA) is 49.7 Å². The van der Waals surface area contributed by atoms with E-state index in [2.05, 4.69) is 16.2 Å². The molecule has 1 unspecified atom stereocenters. The Morgan fingerprint density at radius 3 is 1.85 bits per heavy atom. The third-order valence-corrected chi connectivity index (χ3v) is 7.88. The molecule has 0 spiro atoms. The predicted octanol–water partition coefficient (Wildman–Crippen LogP) is 7.62. The monoisotopic (exact) mass is 554 g/mol. The van der Waals surface area contributed by atoms with Gasteiger partial charge in [-0.05, 0) is 54.4 Å². The number of amidine groups is 1. The maximum Gasteiger partial charge on any atom is 0.283 e. The summed E-state index contributed by atoms with van der Waals surface area (Å²) in [6.45, 7) is 1.92. The molecular formula is C36H30N2O2S. The van der Waals surface area contributed by atoms with Crippen LogP contribution in [0.25, 0.3) is 0 Å². The minimum absolute atomic E-state index is 0.147. The molecule has 0 heterocycles. The first-order valence-corrected chi connectivity index (χ1v) is 14.8. The first kappa shape index (κ1) is 27.6. The van der Waals surface area contributed by atoms with E-state index in [1.807, 2.05) is 133 Å². The zero-order valence-corrected chi connectivity index (χ0v) is 23.6. The Morgan fingerprint density at radius 1 is 0.707 bits per heavy atom. The molecular weight excluding hydrogens is 524 g/mol. The van der Waals surface area contributed by atoms with Gasteiger partial charge in [0.2, 0.25) is 0 Å². The maximum absolute atomic E-state index is 13.8. The van der Waals surface area contributed by atoms with Crippen LogP contribution in [0, 0.1) is 18.8 Å². The number of nitrogens with zero attached hydrogens (tertiary/aromatic N) is 2. The summed E-state index contributed by atoms with van der Waals surface area (Å²) in [7, 11) is -4.03. The van der Waals surface area contributed by atoms with E-state index in [9.17, 15) is 8.42 Å². The summed E-state index contributed by atoms with van der Waals surface area (Å²) in [6.07, 6.45) is 0.289. The van der Waals surface area contributed by atoms with Crippen molar-refractivity contribution >= 4 is 21.5 Å². The molecule has 0 amide bonds. The zero-order valence-electron chi connectivity index (χ0n) is 22.8. The van der Waals surface area contributed by atoms with E-state index >= 15 is 0 Å². The quantitative estimate of drug-likeness (QED) is 0.118. The molecule has 0 bridgehead atoms. The number of para-hydroxylation sites is 1. The van der Waals surface area contributed by atoms with Crippen LogP contribution in [-0.4, -0.2) is 14.3 Å². The van der Waals surface area contributed by atoms with E-state index in [4.69, 9.17) is 0 Å². The van der Waals surface area contributed by atoms with Gasteiger partial charge in [0.1, 0.15) is 11.9 Å². The lowest BCUT2D eigenvalue weighted by Gasteiger charge is -2.32. The molecule has 5 heteroatoms. The molecule has 202 valence electrons. The molecule has 5 rings (SSSR count). The van der Waals surface area contributed by atoms with E-state index in [1.54, 1.807) is 24.3 Å². The highest BCUT2D eigenvalue weighted by molar-refractivity contribution is 7.90. The summed E-state index contributed by atoms with van der Waals surface area (Å²) < 4.78 is 32.1. The molecule has 0 aliphatic heterocycles. The van der Waals surface area contributed by atoms with Crippen LogP contribution in [0.4, 0.5) is 5.69 Å². The molecule has 0 aliphatic rings. The molecule has 0 radical (unpaired) electrons. The number of sulfonamides is 1. The fourth-order valence-electron chi connectivity index (χ4n) is 4.48. The van der Waals surface area contributed by atoms with Crippen molar-refractivity contribution in [2.45, 2.75) is 24.3 Å². The van der Waals surface area contributed by atoms with Crippen LogP contribution in [0.3, 0.4) is 0 Å². The van der Waals surface area contributed by atoms with Crippen LogP contribution >= 0.6 is 0 Å². The molecule has 0 saturated heterocycles. The van der Waals surface area contributed by atoms with Crippen molar-refractivity contribution in [3.8, 4) is 11.8 Å². The lowest BCUT2D eigenvalue weighted by Crippen LogP contribution is -2.36. The largest absolute Gasteiger partial charge is 0.310 e. The number of hydrogen-bond donors (Lipinski definition) is 0. The van der Waals surface area contributed by atoms with Gasteiger partial charge in [0.15, 0.2) is 0 Å². The van der Waals surface area contributed by atoms with Crippen molar-refractivity contribution < 1.29 is 8.42 Å². The highest BCUT2D eigenvalue weighted by atomic mass is 32.2. The van der Waals surface area contributed by atoms with E-state index in [0.717, 1.165) is 27.9 Å². The minimum atomic E-state index is -4.03. The summed E-state index contributed by atoms with van der Waals surface area (Å²) in [4.78, 5) is 2.10. The molecule has 0 fully saturated rings. The normalized spacial score (nSPS) is 12.2. The molecule has 5 aromatic carbocycles. The van der Waals surface area contributed by atoms with Crippen molar-refractivity contribution in [3.05, 3.63) is 168 Å². The number of anilines is 1. The van der Waals surface area contributed by atoms with Crippen molar-refractivity contribution in [3.63, 3.8) is 0 Å². The third-order valence-electron chi connectivity index (χ3n) is 6.56. The second-order valence-corrected chi connectivity index (χ2v) is 11.2. The average Bonchev–Trinajstić information content (AvgIpc) is 3.01. The van der Waals surface area contributed by atoms with Gasteiger partial charge in [0.05, 0.1) is 4.90 Å². The number of benzene rings is 5. The fourth-order valence-corrected chi connectivity index (χ4v) is 5.50. The van der Waals surface area contributed by atoms with Crippen molar-refractivity contribution in [2.24, 2.45) is 4.40 Å². The molecule has 41 heavy (non-hydrogen) atoms. The van der Waals surface area contributed by atoms with Crippen LogP contribution in [0.1, 0.15) is 28.3 Å². The zero-order chi connectivity index (χ0) is 28.5. The average molecular weight is 555 g/mol. The van der Waals surface area contributed by atoms with Gasteiger partial charge in [-0.25, -0.2) is 0 Å². The second-order valence-electron chi connectivity index (χ2n) is 9.61. The van der Waals surface area contributed by atoms with Gasteiger partial charge in [-0.2, -0.15) is 8.42 Å². The molecule has 4 nitrogen and oxygen atoms in total. The Kier molecular flexibility index (Phi) is 8.73. The van der Waals surface area contributed by atoms with Crippen LogP contribution in [-0.2, 0) is 16.4 Å². The molecule has 0 aromatic heterocycles. The highest BCUT2D eigenvalue weighted by Gasteiger charge is 2.27. The Morgan fingerprint density at radius 2 is 1.24 bits per heavy atom. The fraction of sp³-hybridized carbons (Fsp3) is 0.0833. The van der Waals surface area contributed by atoms with Gasteiger partial charge < -0.3 is 4.90 Å². The maximum atomic E-state index is 13.8. The standard InChI is InChI=1S/C36H30N2O2S/c1-29-22-25-34(26-23-29)41(39,40)37-36(28-31-16-8-3-9-17-31)38(33-20-12-5-13-21-33)35(32-18-10-4-11-19-32)27-24-30-14-6-2-7-15-30/h2-23,25-26,35H,28H2,1H3/b37-36+. The van der Waals surface area contributed by atoms with E-state index in [1.165, 1.54) is 0 Å². The summed E-state index contributed by atoms with van der Waals surface area (Å²) in [5.41, 5.74) is 4.50. The molecule has 0 saturated carbocycles. The Hall–Kier alpha value is -4.92. The first-order valence-electron chi connectivity index (χ1n) is 13.4. The second kappa shape index (κ2) is 13.0. The Bertz CT molecular complexity index is 1760. The van der Waals surface area contributed by atoms with Crippen molar-refractivity contribution in [1.82, 2.24) is 0 Å². The highest BCUT2D eigenvalue weighted by Crippen LogP contribution is 2.30. The third kappa shape index (κ3) is 7.19. The van der Waals surface area contributed by atoms with E-state index < -0.39 is 16.1 Å². The van der Waals surface area contributed by atoms with Crippen molar-refractivity contribution in [1.29, 1.82) is 0 Å². The molecule has 1 atom stereocenters. The van der Waals surface area contributed by atoms with Gasteiger partial charge in [0, 0.05) is 17.7 Å². The van der Waals surface area contributed by atoms with Gasteiger partial charge in [-0.1, -0.05) is 127 Å². The predicted molar refractivity (Wildman–Crippen MR) is 167 cm³/mol. The summed E-state index contributed by atoms with van der Waals surface area (Å²) >= 11 is 0. The van der Waals surface area contributed by atoms with Crippen LogP contribution in [0.2, 0.25) is 0 Å². The number of rotatable bonds is 7. The van der Waals surface area contributed by atoms with Crippen LogP contribution < -0.4 is 4.90 Å². The molecule has 5 aromatic rings. The van der Waals surface area contributed by atoms with Gasteiger partial charge in [0.25, 0.3) is 10.0 Å². The molecule has 0 aliphatic carbocycles. The van der Waals surface area contributed by atoms with Gasteiger partial charge in [-0.3, -0.25) is 0 Å². The first-order chi connectivity index (χ1) is 20.0. The molecule has 0 N–H and O–H groups in total. The minimum Gasteiger partial charge on any atom is -0.310 e. The van der Waals surface area contributed by atoms with Crippen LogP contribution in [0.5, 0.6) is 0 Å². The van der Waals surface area contributed by atoms with Gasteiger partial charge in [-0.15, -0.1) is 4.40 Å². The smallest absolute Gasteiger partial charge is 0.283 e. The van der Waals surface area contributed by atoms with Crippen molar-refractivity contribution in [2.75, 3.05) is 4.90 Å². The van der Waals surface area contributed by atoms with Crippen LogP contribution in [0.15, 0.2) is 155 Å². The number of aryl methyl sites for hydroxylation is 1. The van der Waals surface area contributed by atoms with Gasteiger partial charge >= 0.3 is 0 Å². The Labute approximate surface area is 242 Å². The lowest BCUT2D eigenvalue weighted by molar-refractivity contribution is 0.597. The number of hydrogen-bond acceptors (Lipinski definition) is 2. The SMILES string of the molecule is Cc1ccc(S(=O)(=O)/N=C(\Cc2ccccc2)N(c2ccccc2)C(C#Cc2ccccc2)c2ccccc2)cc1. The Balaban J connectivity index is 1.73. The summed E-state index contributed by atoms with van der Waals surface area (Å²) in [5, 5.41) is 0. The summed E-state index contributed by atoms with van der Waals surface area (Å²) in [5.74, 6) is 7.14.